The SMILES string of the molecule is C=CCOc1ccc(C2C(C#N)=C(N)OC3=C2C(=O)CC(C)(C)C3)cc1. The van der Waals surface area contributed by atoms with Crippen LogP contribution in [0.1, 0.15) is 38.2 Å². The van der Waals surface area contributed by atoms with Crippen LogP contribution in [0.25, 0.3) is 0 Å². The lowest BCUT2D eigenvalue weighted by Gasteiger charge is -2.37. The van der Waals surface area contributed by atoms with Crippen molar-refractivity contribution in [3.8, 4) is 11.8 Å². The zero-order valence-corrected chi connectivity index (χ0v) is 15.0. The fourth-order valence-corrected chi connectivity index (χ4v) is 3.53. The fraction of sp³-hybridized carbons (Fsp3) is 0.333. The van der Waals surface area contributed by atoms with E-state index in [1.54, 1.807) is 6.08 Å². The molecule has 134 valence electrons. The van der Waals surface area contributed by atoms with Crippen molar-refractivity contribution >= 4 is 5.78 Å². The Hall–Kier alpha value is -3.00. The summed E-state index contributed by atoms with van der Waals surface area (Å²) in [6.45, 7) is 8.09. The summed E-state index contributed by atoms with van der Waals surface area (Å²) in [5.41, 5.74) is 7.46. The molecule has 1 aliphatic heterocycles. The Bertz CT molecular complexity index is 854. The van der Waals surface area contributed by atoms with E-state index in [9.17, 15) is 10.1 Å². The van der Waals surface area contributed by atoms with Crippen LogP contribution in [-0.2, 0) is 9.53 Å². The molecule has 0 bridgehead atoms. The van der Waals surface area contributed by atoms with Crippen LogP contribution in [0.2, 0.25) is 0 Å². The molecular formula is C21H22N2O3. The van der Waals surface area contributed by atoms with Gasteiger partial charge in [-0.05, 0) is 23.1 Å². The summed E-state index contributed by atoms with van der Waals surface area (Å²) in [6.07, 6.45) is 2.71. The number of nitrogens with zero attached hydrogens (tertiary/aromatic N) is 1. The molecule has 1 aromatic carbocycles. The average Bonchev–Trinajstić information content (AvgIpc) is 2.58. The van der Waals surface area contributed by atoms with E-state index < -0.39 is 5.92 Å². The summed E-state index contributed by atoms with van der Waals surface area (Å²) in [7, 11) is 0. The number of nitriles is 1. The van der Waals surface area contributed by atoms with Gasteiger partial charge in [0.2, 0.25) is 5.88 Å². The predicted molar refractivity (Wildman–Crippen MR) is 97.8 cm³/mol. The molecule has 1 aromatic rings. The summed E-state index contributed by atoms with van der Waals surface area (Å²) in [6, 6.07) is 9.47. The Morgan fingerprint density at radius 1 is 1.38 bits per heavy atom. The van der Waals surface area contributed by atoms with E-state index in [4.69, 9.17) is 15.2 Å². The van der Waals surface area contributed by atoms with Gasteiger partial charge in [-0.25, -0.2) is 0 Å². The van der Waals surface area contributed by atoms with E-state index in [2.05, 4.69) is 12.6 Å². The lowest BCUT2D eigenvalue weighted by molar-refractivity contribution is -0.119. The van der Waals surface area contributed by atoms with Gasteiger partial charge < -0.3 is 15.2 Å². The third-order valence-corrected chi connectivity index (χ3v) is 4.66. The van der Waals surface area contributed by atoms with Crippen LogP contribution >= 0.6 is 0 Å². The van der Waals surface area contributed by atoms with Crippen molar-refractivity contribution in [2.45, 2.75) is 32.6 Å². The van der Waals surface area contributed by atoms with E-state index in [-0.39, 0.29) is 22.7 Å². The first-order valence-corrected chi connectivity index (χ1v) is 8.54. The van der Waals surface area contributed by atoms with Gasteiger partial charge in [0.05, 0.1) is 5.92 Å². The summed E-state index contributed by atoms with van der Waals surface area (Å²) in [5.74, 6) is 0.865. The van der Waals surface area contributed by atoms with E-state index in [1.165, 1.54) is 0 Å². The number of ether oxygens (including phenoxy) is 2. The van der Waals surface area contributed by atoms with Crippen LogP contribution in [0.15, 0.2) is 59.7 Å². The highest BCUT2D eigenvalue weighted by Gasteiger charge is 2.42. The third-order valence-electron chi connectivity index (χ3n) is 4.66. The fourth-order valence-electron chi connectivity index (χ4n) is 3.53. The number of carbonyl (C=O) groups excluding carboxylic acids is 1. The van der Waals surface area contributed by atoms with Crippen LogP contribution in [0.3, 0.4) is 0 Å². The van der Waals surface area contributed by atoms with Crippen molar-refractivity contribution in [2.24, 2.45) is 11.1 Å². The molecule has 0 aromatic heterocycles. The number of nitrogens with two attached hydrogens (primary N) is 1. The molecule has 0 radical (unpaired) electrons. The highest BCUT2D eigenvalue weighted by molar-refractivity contribution is 6.00. The third kappa shape index (κ3) is 3.23. The topological polar surface area (TPSA) is 85.3 Å². The molecule has 1 heterocycles. The average molecular weight is 350 g/mol. The second-order valence-corrected chi connectivity index (χ2v) is 7.37. The normalized spacial score (nSPS) is 21.6. The maximum absolute atomic E-state index is 12.9. The van der Waals surface area contributed by atoms with Crippen molar-refractivity contribution in [3.05, 3.63) is 65.3 Å². The Labute approximate surface area is 153 Å². The number of benzene rings is 1. The second-order valence-electron chi connectivity index (χ2n) is 7.37. The minimum absolute atomic E-state index is 0.00786. The monoisotopic (exact) mass is 350 g/mol. The van der Waals surface area contributed by atoms with Gasteiger partial charge in [0.25, 0.3) is 0 Å². The van der Waals surface area contributed by atoms with Crippen molar-refractivity contribution < 1.29 is 14.3 Å². The first-order valence-electron chi connectivity index (χ1n) is 8.54. The van der Waals surface area contributed by atoms with Crippen LogP contribution in [0.4, 0.5) is 0 Å². The Morgan fingerprint density at radius 2 is 2.08 bits per heavy atom. The van der Waals surface area contributed by atoms with Crippen LogP contribution in [0, 0.1) is 16.7 Å². The second kappa shape index (κ2) is 6.72. The summed E-state index contributed by atoms with van der Waals surface area (Å²) >= 11 is 0. The van der Waals surface area contributed by atoms with E-state index in [0.29, 0.717) is 36.5 Å². The predicted octanol–water partition coefficient (Wildman–Crippen LogP) is 3.70. The van der Waals surface area contributed by atoms with Gasteiger partial charge in [-0.3, -0.25) is 4.79 Å². The van der Waals surface area contributed by atoms with Gasteiger partial charge in [0.1, 0.15) is 29.8 Å². The standard InChI is InChI=1S/C21H22N2O3/c1-4-9-25-14-7-5-13(6-8-14)18-15(12-22)20(23)26-17-11-21(2,3)10-16(24)19(17)18/h4-8,18H,1,9-11,23H2,2-3H3. The van der Waals surface area contributed by atoms with Gasteiger partial charge in [-0.15, -0.1) is 0 Å². The number of Topliss-reactive ketones (excluding diaryl/α,β-unsaturated/α-hetero) is 1. The first-order chi connectivity index (χ1) is 12.4. The number of ketones is 1. The lowest BCUT2D eigenvalue weighted by atomic mass is 9.70. The smallest absolute Gasteiger partial charge is 0.205 e. The molecule has 5 nitrogen and oxygen atoms in total. The van der Waals surface area contributed by atoms with Crippen LogP contribution < -0.4 is 10.5 Å². The highest BCUT2D eigenvalue weighted by Crippen LogP contribution is 2.47. The summed E-state index contributed by atoms with van der Waals surface area (Å²) in [4.78, 5) is 12.9. The zero-order chi connectivity index (χ0) is 18.9. The number of hydrogen-bond donors (Lipinski definition) is 1. The summed E-state index contributed by atoms with van der Waals surface area (Å²) in [5, 5.41) is 9.61. The zero-order valence-electron chi connectivity index (χ0n) is 15.0. The maximum atomic E-state index is 12.9. The minimum atomic E-state index is -0.499. The van der Waals surface area contributed by atoms with Crippen molar-refractivity contribution in [2.75, 3.05) is 6.61 Å². The molecule has 26 heavy (non-hydrogen) atoms. The molecule has 1 unspecified atom stereocenters. The molecule has 2 N–H and O–H groups in total. The Kier molecular flexibility index (Phi) is 4.60. The highest BCUT2D eigenvalue weighted by atomic mass is 16.5. The van der Waals surface area contributed by atoms with Crippen molar-refractivity contribution in [1.29, 1.82) is 5.26 Å². The quantitative estimate of drug-likeness (QED) is 0.837. The molecule has 0 saturated heterocycles. The largest absolute Gasteiger partial charge is 0.490 e. The number of carbonyl (C=O) groups is 1. The van der Waals surface area contributed by atoms with E-state index in [1.807, 2.05) is 38.1 Å². The van der Waals surface area contributed by atoms with Gasteiger partial charge in [0, 0.05) is 18.4 Å². The molecule has 0 saturated carbocycles. The molecule has 1 atom stereocenters. The molecule has 0 amide bonds. The van der Waals surface area contributed by atoms with Crippen molar-refractivity contribution in [1.82, 2.24) is 0 Å². The molecule has 1 aliphatic carbocycles. The lowest BCUT2D eigenvalue weighted by Crippen LogP contribution is -2.33. The maximum Gasteiger partial charge on any atom is 0.205 e. The minimum Gasteiger partial charge on any atom is -0.490 e. The molecule has 5 heteroatoms. The van der Waals surface area contributed by atoms with Gasteiger partial charge in [-0.2, -0.15) is 5.26 Å². The van der Waals surface area contributed by atoms with Gasteiger partial charge in [-0.1, -0.05) is 38.6 Å². The Morgan fingerprint density at radius 3 is 2.69 bits per heavy atom. The molecule has 2 aliphatic rings. The van der Waals surface area contributed by atoms with E-state index >= 15 is 0 Å². The molecular weight excluding hydrogens is 328 g/mol. The van der Waals surface area contributed by atoms with Crippen LogP contribution in [0.5, 0.6) is 5.75 Å². The first kappa shape index (κ1) is 17.8. The van der Waals surface area contributed by atoms with Crippen LogP contribution in [-0.4, -0.2) is 12.4 Å². The number of rotatable bonds is 4. The molecule has 0 spiro atoms. The number of hydrogen-bond acceptors (Lipinski definition) is 5. The molecule has 3 rings (SSSR count). The Balaban J connectivity index is 2.05. The van der Waals surface area contributed by atoms with E-state index in [0.717, 1.165) is 5.56 Å². The number of allylic oxidation sites excluding steroid dienone is 3. The van der Waals surface area contributed by atoms with Crippen molar-refractivity contribution in [3.63, 3.8) is 0 Å². The molecule has 0 fully saturated rings. The van der Waals surface area contributed by atoms with Gasteiger partial charge >= 0.3 is 0 Å². The summed E-state index contributed by atoms with van der Waals surface area (Å²) < 4.78 is 11.2. The van der Waals surface area contributed by atoms with Gasteiger partial charge in [0.15, 0.2) is 5.78 Å².